The van der Waals surface area contributed by atoms with Crippen molar-refractivity contribution in [3.05, 3.63) is 54.6 Å². The van der Waals surface area contributed by atoms with Crippen LogP contribution in [0.25, 0.3) is 22.4 Å². The Kier molecular flexibility index (Phi) is 3.08. The number of fused-ring (bicyclic) bond motifs is 1. The number of rotatable bonds is 3. The minimum absolute atomic E-state index is 0.447. The third-order valence-corrected chi connectivity index (χ3v) is 3.66. The highest BCUT2D eigenvalue weighted by Crippen LogP contribution is 2.29. The first-order chi connectivity index (χ1) is 9.31. The van der Waals surface area contributed by atoms with Gasteiger partial charge in [-0.3, -0.25) is 0 Å². The number of aromatic nitrogens is 2. The maximum absolute atomic E-state index is 4.81. The minimum atomic E-state index is 0.447. The zero-order chi connectivity index (χ0) is 13.2. The molecule has 19 heavy (non-hydrogen) atoms. The van der Waals surface area contributed by atoms with Crippen molar-refractivity contribution in [1.29, 1.82) is 0 Å². The Morgan fingerprint density at radius 3 is 2.42 bits per heavy atom. The van der Waals surface area contributed by atoms with Gasteiger partial charge in [0.15, 0.2) is 0 Å². The van der Waals surface area contributed by atoms with Crippen LogP contribution in [0.15, 0.2) is 54.6 Å². The highest BCUT2D eigenvalue weighted by Gasteiger charge is 2.15. The first kappa shape index (κ1) is 12.0. The lowest BCUT2D eigenvalue weighted by Crippen LogP contribution is -2.05. The second kappa shape index (κ2) is 4.88. The Hall–Kier alpha value is -2.09. The highest BCUT2D eigenvalue weighted by molar-refractivity contribution is 5.80. The summed E-state index contributed by atoms with van der Waals surface area (Å²) in [5.41, 5.74) is 3.47. The first-order valence-corrected chi connectivity index (χ1v) is 6.83. The minimum Gasteiger partial charge on any atom is -0.321 e. The van der Waals surface area contributed by atoms with Crippen molar-refractivity contribution in [3.8, 4) is 11.4 Å². The van der Waals surface area contributed by atoms with Crippen molar-refractivity contribution in [2.45, 2.75) is 26.3 Å². The van der Waals surface area contributed by atoms with E-state index in [2.05, 4.69) is 60.9 Å². The number of imidazole rings is 1. The number of benzene rings is 2. The van der Waals surface area contributed by atoms with Gasteiger partial charge in [-0.1, -0.05) is 49.4 Å². The topological polar surface area (TPSA) is 17.8 Å². The van der Waals surface area contributed by atoms with E-state index in [0.717, 1.165) is 17.8 Å². The largest absolute Gasteiger partial charge is 0.321 e. The van der Waals surface area contributed by atoms with Gasteiger partial charge in [0, 0.05) is 11.6 Å². The Morgan fingerprint density at radius 1 is 1.00 bits per heavy atom. The number of hydrogen-bond acceptors (Lipinski definition) is 1. The van der Waals surface area contributed by atoms with E-state index in [1.54, 1.807) is 0 Å². The van der Waals surface area contributed by atoms with Gasteiger partial charge in [0.1, 0.15) is 5.82 Å². The summed E-state index contributed by atoms with van der Waals surface area (Å²) in [6.07, 6.45) is 1.10. The van der Waals surface area contributed by atoms with Crippen LogP contribution < -0.4 is 0 Å². The summed E-state index contributed by atoms with van der Waals surface area (Å²) in [6.45, 7) is 4.47. The average molecular weight is 250 g/mol. The molecule has 3 rings (SSSR count). The van der Waals surface area contributed by atoms with Crippen molar-refractivity contribution >= 4 is 11.0 Å². The molecular weight excluding hydrogens is 232 g/mol. The molecule has 0 saturated heterocycles. The molecule has 0 bridgehead atoms. The van der Waals surface area contributed by atoms with Crippen LogP contribution in [0.2, 0.25) is 0 Å². The molecule has 2 nitrogen and oxygen atoms in total. The van der Waals surface area contributed by atoms with Crippen LogP contribution in [-0.2, 0) is 0 Å². The Morgan fingerprint density at radius 2 is 1.68 bits per heavy atom. The molecule has 0 radical (unpaired) electrons. The molecule has 96 valence electrons. The van der Waals surface area contributed by atoms with Crippen LogP contribution in [0.4, 0.5) is 0 Å². The quantitative estimate of drug-likeness (QED) is 0.660. The molecule has 0 spiro atoms. The van der Waals surface area contributed by atoms with Gasteiger partial charge in [-0.2, -0.15) is 0 Å². The maximum atomic E-state index is 4.81. The monoisotopic (exact) mass is 250 g/mol. The summed E-state index contributed by atoms with van der Waals surface area (Å²) in [5.74, 6) is 1.07. The van der Waals surface area contributed by atoms with Crippen molar-refractivity contribution in [3.63, 3.8) is 0 Å². The fourth-order valence-corrected chi connectivity index (χ4v) is 2.46. The van der Waals surface area contributed by atoms with Gasteiger partial charge in [0.05, 0.1) is 11.0 Å². The van der Waals surface area contributed by atoms with Crippen LogP contribution in [0.3, 0.4) is 0 Å². The molecule has 2 aromatic carbocycles. The first-order valence-electron chi connectivity index (χ1n) is 6.83. The number of nitrogens with zero attached hydrogens (tertiary/aromatic N) is 2. The third kappa shape index (κ3) is 2.03. The molecule has 3 aromatic rings. The van der Waals surface area contributed by atoms with Crippen LogP contribution in [0, 0.1) is 0 Å². The summed E-state index contributed by atoms with van der Waals surface area (Å²) >= 11 is 0. The second-order valence-corrected chi connectivity index (χ2v) is 4.92. The highest BCUT2D eigenvalue weighted by atomic mass is 15.1. The molecular formula is C17H18N2. The zero-order valence-corrected chi connectivity index (χ0v) is 11.4. The van der Waals surface area contributed by atoms with Crippen molar-refractivity contribution in [2.75, 3.05) is 0 Å². The maximum Gasteiger partial charge on any atom is 0.141 e. The summed E-state index contributed by atoms with van der Waals surface area (Å²) in [7, 11) is 0. The Labute approximate surface area is 113 Å². The smallest absolute Gasteiger partial charge is 0.141 e. The third-order valence-electron chi connectivity index (χ3n) is 3.66. The fraction of sp³-hybridized carbons (Fsp3) is 0.235. The molecule has 1 aromatic heterocycles. The lowest BCUT2D eigenvalue weighted by Gasteiger charge is -2.15. The van der Waals surface area contributed by atoms with Gasteiger partial charge in [0.25, 0.3) is 0 Å². The van der Waals surface area contributed by atoms with Crippen LogP contribution in [0.5, 0.6) is 0 Å². The lowest BCUT2D eigenvalue weighted by molar-refractivity contribution is 0.550. The van der Waals surface area contributed by atoms with Crippen molar-refractivity contribution in [1.82, 2.24) is 9.55 Å². The van der Waals surface area contributed by atoms with Crippen LogP contribution >= 0.6 is 0 Å². The van der Waals surface area contributed by atoms with Gasteiger partial charge in [-0.15, -0.1) is 0 Å². The summed E-state index contributed by atoms with van der Waals surface area (Å²) in [6, 6.07) is 19.2. The fourth-order valence-electron chi connectivity index (χ4n) is 2.46. The van der Waals surface area contributed by atoms with Gasteiger partial charge in [0.2, 0.25) is 0 Å². The van der Waals surface area contributed by atoms with Gasteiger partial charge in [-0.25, -0.2) is 4.98 Å². The molecule has 0 aliphatic rings. The normalized spacial score (nSPS) is 12.7. The predicted molar refractivity (Wildman–Crippen MR) is 80.2 cm³/mol. The molecule has 0 N–H and O–H groups in total. The van der Waals surface area contributed by atoms with Crippen LogP contribution in [0.1, 0.15) is 26.3 Å². The summed E-state index contributed by atoms with van der Waals surface area (Å²) < 4.78 is 2.35. The second-order valence-electron chi connectivity index (χ2n) is 4.92. The number of hydrogen-bond donors (Lipinski definition) is 0. The summed E-state index contributed by atoms with van der Waals surface area (Å²) in [4.78, 5) is 4.81. The van der Waals surface area contributed by atoms with Gasteiger partial charge >= 0.3 is 0 Å². The molecule has 0 aliphatic carbocycles. The van der Waals surface area contributed by atoms with E-state index in [-0.39, 0.29) is 0 Å². The van der Waals surface area contributed by atoms with E-state index in [0.29, 0.717) is 6.04 Å². The zero-order valence-electron chi connectivity index (χ0n) is 11.4. The van der Waals surface area contributed by atoms with E-state index < -0.39 is 0 Å². The van der Waals surface area contributed by atoms with Crippen molar-refractivity contribution < 1.29 is 0 Å². The molecule has 0 unspecified atom stereocenters. The standard InChI is InChI=1S/C17H18N2/c1-3-13(2)19-16-12-8-7-11-15(16)18-17(19)14-9-5-4-6-10-14/h4-13H,3H2,1-2H3/t13-/m0/s1. The molecule has 1 heterocycles. The molecule has 2 heteroatoms. The molecule has 1 atom stereocenters. The number of para-hydroxylation sites is 2. The Balaban J connectivity index is 2.29. The average Bonchev–Trinajstić information content (AvgIpc) is 2.87. The molecule has 0 fully saturated rings. The van der Waals surface area contributed by atoms with E-state index in [1.165, 1.54) is 11.1 Å². The summed E-state index contributed by atoms with van der Waals surface area (Å²) in [5, 5.41) is 0. The Bertz CT molecular complexity index is 683. The van der Waals surface area contributed by atoms with Gasteiger partial charge < -0.3 is 4.57 Å². The SMILES string of the molecule is CC[C@H](C)n1c(-c2ccccc2)nc2ccccc21. The lowest BCUT2D eigenvalue weighted by atomic mass is 10.2. The van der Waals surface area contributed by atoms with E-state index >= 15 is 0 Å². The van der Waals surface area contributed by atoms with Crippen molar-refractivity contribution in [2.24, 2.45) is 0 Å². The molecule has 0 aliphatic heterocycles. The van der Waals surface area contributed by atoms with E-state index in [9.17, 15) is 0 Å². The van der Waals surface area contributed by atoms with E-state index in [1.807, 2.05) is 12.1 Å². The van der Waals surface area contributed by atoms with Gasteiger partial charge in [-0.05, 0) is 25.5 Å². The predicted octanol–water partition coefficient (Wildman–Crippen LogP) is 4.67. The van der Waals surface area contributed by atoms with Crippen LogP contribution in [-0.4, -0.2) is 9.55 Å². The molecule has 0 amide bonds. The van der Waals surface area contributed by atoms with E-state index in [4.69, 9.17) is 4.98 Å². The molecule has 0 saturated carbocycles.